The number of nitrogens with one attached hydrogen (secondary N) is 2. The Kier molecular flexibility index (Phi) is 6.33. The van der Waals surface area contributed by atoms with Crippen molar-refractivity contribution in [1.29, 1.82) is 0 Å². The monoisotopic (exact) mass is 397 g/mol. The number of carbonyl (C=O) groups is 3. The molecule has 1 fully saturated rings. The molecule has 0 aromatic heterocycles. The first-order valence-electron chi connectivity index (χ1n) is 9.22. The molecule has 0 bridgehead atoms. The highest BCUT2D eigenvalue weighted by Gasteiger charge is 2.21. The first-order chi connectivity index (χ1) is 14.0. The largest absolute Gasteiger partial charge is 0.493 e. The number of hydrogen-bond acceptors (Lipinski definition) is 5. The molecular formula is C21H23N3O5. The number of methoxy groups -OCH3 is 2. The molecule has 2 aromatic rings. The number of amides is 3. The fourth-order valence-electron chi connectivity index (χ4n) is 3.10. The predicted molar refractivity (Wildman–Crippen MR) is 109 cm³/mol. The van der Waals surface area contributed by atoms with E-state index in [4.69, 9.17) is 9.47 Å². The third-order valence-electron chi connectivity index (χ3n) is 4.59. The highest BCUT2D eigenvalue weighted by molar-refractivity contribution is 6.00. The molecule has 0 aliphatic carbocycles. The molecule has 3 amide bonds. The van der Waals surface area contributed by atoms with Crippen molar-refractivity contribution < 1.29 is 23.9 Å². The molecule has 1 aliphatic heterocycles. The number of carbonyl (C=O) groups excluding carboxylic acids is 3. The molecule has 1 heterocycles. The van der Waals surface area contributed by atoms with Crippen LogP contribution in [0.4, 0.5) is 11.4 Å². The molecule has 8 nitrogen and oxygen atoms in total. The molecule has 1 aliphatic rings. The fourth-order valence-corrected chi connectivity index (χ4v) is 3.10. The predicted octanol–water partition coefficient (Wildman–Crippen LogP) is 2.20. The van der Waals surface area contributed by atoms with E-state index in [1.165, 1.54) is 14.2 Å². The summed E-state index contributed by atoms with van der Waals surface area (Å²) in [6.07, 6.45) is 1.40. The molecule has 1 saturated heterocycles. The number of ether oxygens (including phenoxy) is 2. The molecule has 0 radical (unpaired) electrons. The van der Waals surface area contributed by atoms with Crippen LogP contribution in [0, 0.1) is 0 Å². The van der Waals surface area contributed by atoms with Crippen molar-refractivity contribution in [3.05, 3.63) is 48.0 Å². The molecule has 0 atom stereocenters. The summed E-state index contributed by atoms with van der Waals surface area (Å²) >= 11 is 0. The summed E-state index contributed by atoms with van der Waals surface area (Å²) in [4.78, 5) is 37.9. The van der Waals surface area contributed by atoms with Gasteiger partial charge in [-0.15, -0.1) is 0 Å². The maximum atomic E-state index is 12.3. The topological polar surface area (TPSA) is 97.0 Å². The summed E-state index contributed by atoms with van der Waals surface area (Å²) in [6.45, 7) is 0.514. The molecule has 0 saturated carbocycles. The number of benzene rings is 2. The number of rotatable bonds is 7. The van der Waals surface area contributed by atoms with Crippen LogP contribution in [0.5, 0.6) is 11.5 Å². The van der Waals surface area contributed by atoms with Crippen LogP contribution in [0.15, 0.2) is 42.5 Å². The fraction of sp³-hybridized carbons (Fsp3) is 0.286. The van der Waals surface area contributed by atoms with E-state index < -0.39 is 0 Å². The SMILES string of the molecule is COc1ccc(NC(=O)CNC(=O)c2ccc(N3CCCC3=O)cc2)cc1OC. The smallest absolute Gasteiger partial charge is 0.251 e. The lowest BCUT2D eigenvalue weighted by atomic mass is 10.2. The van der Waals surface area contributed by atoms with E-state index in [0.29, 0.717) is 35.7 Å². The Hall–Kier alpha value is -3.55. The minimum Gasteiger partial charge on any atom is -0.493 e. The zero-order chi connectivity index (χ0) is 20.8. The zero-order valence-corrected chi connectivity index (χ0v) is 16.4. The van der Waals surface area contributed by atoms with E-state index in [2.05, 4.69) is 10.6 Å². The lowest BCUT2D eigenvalue weighted by Crippen LogP contribution is -2.32. The van der Waals surface area contributed by atoms with Gasteiger partial charge in [0.1, 0.15) is 0 Å². The standard InChI is InChI=1S/C21H23N3O5/c1-28-17-10-7-15(12-18(17)29-2)23-19(25)13-22-21(27)14-5-8-16(9-6-14)24-11-3-4-20(24)26/h5-10,12H,3-4,11,13H2,1-2H3,(H,22,27)(H,23,25). The Bertz CT molecular complexity index is 911. The van der Waals surface area contributed by atoms with Gasteiger partial charge >= 0.3 is 0 Å². The average Bonchev–Trinajstić information content (AvgIpc) is 3.17. The van der Waals surface area contributed by atoms with Gasteiger partial charge in [-0.3, -0.25) is 14.4 Å². The van der Waals surface area contributed by atoms with Crippen molar-refractivity contribution in [3.8, 4) is 11.5 Å². The molecule has 2 aromatic carbocycles. The number of hydrogen-bond donors (Lipinski definition) is 2. The summed E-state index contributed by atoms with van der Waals surface area (Å²) in [7, 11) is 3.04. The normalized spacial score (nSPS) is 13.2. The summed E-state index contributed by atoms with van der Waals surface area (Å²) in [5.41, 5.74) is 1.72. The van der Waals surface area contributed by atoms with Crippen LogP contribution >= 0.6 is 0 Å². The highest BCUT2D eigenvalue weighted by atomic mass is 16.5. The van der Waals surface area contributed by atoms with Gasteiger partial charge in [-0.2, -0.15) is 0 Å². The van der Waals surface area contributed by atoms with E-state index in [0.717, 1.165) is 12.1 Å². The van der Waals surface area contributed by atoms with Gasteiger partial charge in [0, 0.05) is 36.0 Å². The number of anilines is 2. The zero-order valence-electron chi connectivity index (χ0n) is 16.4. The Morgan fingerprint density at radius 3 is 2.38 bits per heavy atom. The number of nitrogens with zero attached hydrogens (tertiary/aromatic N) is 1. The highest BCUT2D eigenvalue weighted by Crippen LogP contribution is 2.29. The van der Waals surface area contributed by atoms with Crippen molar-refractivity contribution >= 4 is 29.1 Å². The van der Waals surface area contributed by atoms with Crippen LogP contribution in [0.1, 0.15) is 23.2 Å². The second-order valence-electron chi connectivity index (χ2n) is 6.50. The van der Waals surface area contributed by atoms with Crippen LogP contribution in [0.2, 0.25) is 0 Å². The van der Waals surface area contributed by atoms with Crippen LogP contribution in [0.3, 0.4) is 0 Å². The Morgan fingerprint density at radius 1 is 1.03 bits per heavy atom. The maximum Gasteiger partial charge on any atom is 0.251 e. The Balaban J connectivity index is 1.53. The van der Waals surface area contributed by atoms with E-state index in [-0.39, 0.29) is 24.3 Å². The summed E-state index contributed by atoms with van der Waals surface area (Å²) < 4.78 is 10.4. The van der Waals surface area contributed by atoms with Crippen LogP contribution in [-0.4, -0.2) is 45.0 Å². The third kappa shape index (κ3) is 4.84. The summed E-state index contributed by atoms with van der Waals surface area (Å²) in [5.74, 6) is 0.398. The summed E-state index contributed by atoms with van der Waals surface area (Å²) in [5, 5.41) is 5.27. The average molecular weight is 397 g/mol. The van der Waals surface area contributed by atoms with Crippen molar-refractivity contribution in [2.45, 2.75) is 12.8 Å². The first-order valence-corrected chi connectivity index (χ1v) is 9.22. The third-order valence-corrected chi connectivity index (χ3v) is 4.59. The van der Waals surface area contributed by atoms with Gasteiger partial charge in [0.2, 0.25) is 11.8 Å². The van der Waals surface area contributed by atoms with Crippen molar-refractivity contribution in [3.63, 3.8) is 0 Å². The van der Waals surface area contributed by atoms with Crippen LogP contribution in [-0.2, 0) is 9.59 Å². The van der Waals surface area contributed by atoms with Gasteiger partial charge in [0.25, 0.3) is 5.91 Å². The Morgan fingerprint density at radius 2 is 1.76 bits per heavy atom. The van der Waals surface area contributed by atoms with Crippen LogP contribution < -0.4 is 25.0 Å². The lowest BCUT2D eigenvalue weighted by Gasteiger charge is -2.15. The molecule has 3 rings (SSSR count). The lowest BCUT2D eigenvalue weighted by molar-refractivity contribution is -0.117. The quantitative estimate of drug-likeness (QED) is 0.747. The maximum absolute atomic E-state index is 12.3. The van der Waals surface area contributed by atoms with Gasteiger partial charge < -0.3 is 25.0 Å². The minimum atomic E-state index is -0.371. The van der Waals surface area contributed by atoms with E-state index >= 15 is 0 Å². The van der Waals surface area contributed by atoms with Crippen molar-refractivity contribution in [2.75, 3.05) is 37.5 Å². The van der Waals surface area contributed by atoms with Crippen LogP contribution in [0.25, 0.3) is 0 Å². The summed E-state index contributed by atoms with van der Waals surface area (Å²) in [6, 6.07) is 11.8. The van der Waals surface area contributed by atoms with Crippen molar-refractivity contribution in [2.24, 2.45) is 0 Å². The molecule has 8 heteroatoms. The minimum absolute atomic E-state index is 0.0917. The molecular weight excluding hydrogens is 374 g/mol. The van der Waals surface area contributed by atoms with Gasteiger partial charge in [0.15, 0.2) is 11.5 Å². The first kappa shape index (κ1) is 20.2. The van der Waals surface area contributed by atoms with E-state index in [9.17, 15) is 14.4 Å². The van der Waals surface area contributed by atoms with Crippen molar-refractivity contribution in [1.82, 2.24) is 5.32 Å². The molecule has 152 valence electrons. The molecule has 0 spiro atoms. The van der Waals surface area contributed by atoms with Gasteiger partial charge in [-0.05, 0) is 42.8 Å². The molecule has 29 heavy (non-hydrogen) atoms. The van der Waals surface area contributed by atoms with Gasteiger partial charge in [-0.1, -0.05) is 0 Å². The van der Waals surface area contributed by atoms with E-state index in [1.54, 1.807) is 47.4 Å². The molecule has 2 N–H and O–H groups in total. The van der Waals surface area contributed by atoms with Gasteiger partial charge in [0.05, 0.1) is 20.8 Å². The molecule has 0 unspecified atom stereocenters. The second kappa shape index (κ2) is 9.09. The Labute approximate surface area is 168 Å². The van der Waals surface area contributed by atoms with Gasteiger partial charge in [-0.25, -0.2) is 0 Å². The second-order valence-corrected chi connectivity index (χ2v) is 6.50. The van der Waals surface area contributed by atoms with E-state index in [1.807, 2.05) is 0 Å².